The number of rotatable bonds is 8. The standard InChI is InChI=1S/C24H23FN2O4/c1-29-21-7-6-16(13-23(21)30-2)8-10-26-24(28)20-14-22-19(9-11-31-22)27(20)15-17-4-3-5-18(25)12-17/h3-7,9,11-14H,8,10,15H2,1-2H3,(H,26,28). The van der Waals surface area contributed by atoms with Gasteiger partial charge in [0.25, 0.3) is 5.91 Å². The van der Waals surface area contributed by atoms with Crippen LogP contribution in [-0.2, 0) is 13.0 Å². The molecule has 0 aliphatic carbocycles. The molecule has 0 unspecified atom stereocenters. The van der Waals surface area contributed by atoms with E-state index in [9.17, 15) is 9.18 Å². The van der Waals surface area contributed by atoms with Crippen molar-refractivity contribution in [2.45, 2.75) is 13.0 Å². The Balaban J connectivity index is 1.48. The molecule has 0 aliphatic rings. The van der Waals surface area contributed by atoms with Gasteiger partial charge in [0.15, 0.2) is 17.1 Å². The normalized spacial score (nSPS) is 10.9. The molecule has 0 radical (unpaired) electrons. The van der Waals surface area contributed by atoms with Crippen LogP contribution in [-0.4, -0.2) is 31.2 Å². The quantitative estimate of drug-likeness (QED) is 0.457. The highest BCUT2D eigenvalue weighted by Crippen LogP contribution is 2.27. The van der Waals surface area contributed by atoms with E-state index in [1.54, 1.807) is 38.7 Å². The highest BCUT2D eigenvalue weighted by atomic mass is 19.1. The molecular formula is C24H23FN2O4. The van der Waals surface area contributed by atoms with E-state index in [-0.39, 0.29) is 11.7 Å². The van der Waals surface area contributed by atoms with Crippen molar-refractivity contribution in [2.75, 3.05) is 20.8 Å². The Labute approximate surface area is 179 Å². The van der Waals surface area contributed by atoms with Gasteiger partial charge in [0.2, 0.25) is 0 Å². The van der Waals surface area contributed by atoms with Crippen LogP contribution in [0, 0.1) is 5.82 Å². The first-order chi connectivity index (χ1) is 15.1. The average molecular weight is 422 g/mol. The van der Waals surface area contributed by atoms with Crippen molar-refractivity contribution in [1.82, 2.24) is 9.88 Å². The molecule has 0 aliphatic heterocycles. The minimum absolute atomic E-state index is 0.219. The number of methoxy groups -OCH3 is 2. The fourth-order valence-corrected chi connectivity index (χ4v) is 3.60. The summed E-state index contributed by atoms with van der Waals surface area (Å²) in [5, 5.41) is 2.95. The maximum absolute atomic E-state index is 13.6. The molecule has 2 heterocycles. The zero-order valence-electron chi connectivity index (χ0n) is 17.4. The Morgan fingerprint density at radius 1 is 1.03 bits per heavy atom. The van der Waals surface area contributed by atoms with Crippen LogP contribution in [0.5, 0.6) is 11.5 Å². The Bertz CT molecular complexity index is 1210. The Hall–Kier alpha value is -3.74. The van der Waals surface area contributed by atoms with Gasteiger partial charge in [-0.1, -0.05) is 18.2 Å². The molecule has 4 rings (SSSR count). The third-order valence-electron chi connectivity index (χ3n) is 5.13. The van der Waals surface area contributed by atoms with Crippen molar-refractivity contribution in [3.63, 3.8) is 0 Å². The number of halogens is 1. The molecule has 0 fully saturated rings. The maximum atomic E-state index is 13.6. The van der Waals surface area contributed by atoms with E-state index in [1.165, 1.54) is 12.1 Å². The smallest absolute Gasteiger partial charge is 0.268 e. The van der Waals surface area contributed by atoms with Gasteiger partial charge in [-0.15, -0.1) is 0 Å². The summed E-state index contributed by atoms with van der Waals surface area (Å²) in [6.07, 6.45) is 2.21. The summed E-state index contributed by atoms with van der Waals surface area (Å²) in [7, 11) is 3.18. The zero-order valence-corrected chi connectivity index (χ0v) is 17.4. The first-order valence-electron chi connectivity index (χ1n) is 9.89. The van der Waals surface area contributed by atoms with Crippen LogP contribution in [0.25, 0.3) is 11.1 Å². The van der Waals surface area contributed by atoms with Gasteiger partial charge >= 0.3 is 0 Å². The number of hydrogen-bond donors (Lipinski definition) is 1. The van der Waals surface area contributed by atoms with Gasteiger partial charge in [-0.2, -0.15) is 0 Å². The lowest BCUT2D eigenvalue weighted by molar-refractivity contribution is 0.0945. The van der Waals surface area contributed by atoms with Crippen molar-refractivity contribution >= 4 is 17.0 Å². The predicted octanol–water partition coefficient (Wildman–Crippen LogP) is 4.41. The maximum Gasteiger partial charge on any atom is 0.268 e. The first kappa shape index (κ1) is 20.5. The molecule has 0 bridgehead atoms. The number of benzene rings is 2. The van der Waals surface area contributed by atoms with E-state index in [4.69, 9.17) is 13.9 Å². The third kappa shape index (κ3) is 4.40. The summed E-state index contributed by atoms with van der Waals surface area (Å²) < 4.78 is 31.5. The molecule has 0 saturated heterocycles. The average Bonchev–Trinajstić information content (AvgIpc) is 3.36. The van der Waals surface area contributed by atoms with Crippen LogP contribution < -0.4 is 14.8 Å². The SMILES string of the molecule is COc1ccc(CCNC(=O)c2cc3occc3n2Cc2cccc(F)c2)cc1OC. The molecular weight excluding hydrogens is 399 g/mol. The molecule has 2 aromatic heterocycles. The Morgan fingerprint density at radius 2 is 1.87 bits per heavy atom. The van der Waals surface area contributed by atoms with E-state index in [2.05, 4.69) is 5.32 Å². The third-order valence-corrected chi connectivity index (χ3v) is 5.13. The molecule has 2 aromatic carbocycles. The number of amides is 1. The van der Waals surface area contributed by atoms with Crippen LogP contribution in [0.1, 0.15) is 21.6 Å². The zero-order chi connectivity index (χ0) is 21.8. The van der Waals surface area contributed by atoms with Crippen LogP contribution in [0.15, 0.2) is 65.3 Å². The van der Waals surface area contributed by atoms with E-state index < -0.39 is 0 Å². The number of ether oxygens (including phenoxy) is 2. The van der Waals surface area contributed by atoms with Crippen LogP contribution in [0.3, 0.4) is 0 Å². The molecule has 1 amide bonds. The highest BCUT2D eigenvalue weighted by Gasteiger charge is 2.18. The van der Waals surface area contributed by atoms with E-state index in [0.29, 0.717) is 42.3 Å². The van der Waals surface area contributed by atoms with Gasteiger partial charge in [0, 0.05) is 25.2 Å². The fraction of sp³-hybridized carbons (Fsp3) is 0.208. The summed E-state index contributed by atoms with van der Waals surface area (Å²) in [4.78, 5) is 12.9. The second-order valence-electron chi connectivity index (χ2n) is 7.11. The lowest BCUT2D eigenvalue weighted by Crippen LogP contribution is -2.28. The summed E-state index contributed by atoms with van der Waals surface area (Å²) in [6, 6.07) is 15.5. The molecule has 1 N–H and O–H groups in total. The number of carbonyl (C=O) groups excluding carboxylic acids is 1. The number of nitrogens with one attached hydrogen (secondary N) is 1. The first-order valence-corrected chi connectivity index (χ1v) is 9.89. The van der Waals surface area contributed by atoms with Crippen molar-refractivity contribution in [3.8, 4) is 11.5 Å². The monoisotopic (exact) mass is 422 g/mol. The van der Waals surface area contributed by atoms with Crippen LogP contribution in [0.2, 0.25) is 0 Å². The molecule has 0 saturated carbocycles. The largest absolute Gasteiger partial charge is 0.493 e. The second kappa shape index (κ2) is 8.95. The summed E-state index contributed by atoms with van der Waals surface area (Å²) >= 11 is 0. The van der Waals surface area contributed by atoms with Gasteiger partial charge in [-0.05, 0) is 41.8 Å². The van der Waals surface area contributed by atoms with Crippen molar-refractivity contribution in [2.24, 2.45) is 0 Å². The van der Waals surface area contributed by atoms with E-state index in [0.717, 1.165) is 16.6 Å². The van der Waals surface area contributed by atoms with Gasteiger partial charge < -0.3 is 23.8 Å². The molecule has 160 valence electrons. The highest BCUT2D eigenvalue weighted by molar-refractivity contribution is 5.97. The van der Waals surface area contributed by atoms with Crippen molar-refractivity contribution in [1.29, 1.82) is 0 Å². The second-order valence-corrected chi connectivity index (χ2v) is 7.11. The predicted molar refractivity (Wildman–Crippen MR) is 115 cm³/mol. The molecule has 0 atom stereocenters. The van der Waals surface area contributed by atoms with Crippen molar-refractivity contribution in [3.05, 3.63) is 83.5 Å². The molecule has 4 aromatic rings. The Kier molecular flexibility index (Phi) is 5.93. The topological polar surface area (TPSA) is 65.6 Å². The van der Waals surface area contributed by atoms with Crippen LogP contribution in [0.4, 0.5) is 4.39 Å². The molecule has 6 nitrogen and oxygen atoms in total. The summed E-state index contributed by atoms with van der Waals surface area (Å²) in [6.45, 7) is 0.806. The van der Waals surface area contributed by atoms with E-state index in [1.807, 2.05) is 28.8 Å². The van der Waals surface area contributed by atoms with Gasteiger partial charge in [-0.3, -0.25) is 4.79 Å². The number of hydrogen-bond acceptors (Lipinski definition) is 4. The fourth-order valence-electron chi connectivity index (χ4n) is 3.60. The van der Waals surface area contributed by atoms with Crippen LogP contribution >= 0.6 is 0 Å². The molecule has 7 heteroatoms. The minimum Gasteiger partial charge on any atom is -0.493 e. The van der Waals surface area contributed by atoms with Crippen molar-refractivity contribution < 1.29 is 23.1 Å². The number of aromatic nitrogens is 1. The van der Waals surface area contributed by atoms with Gasteiger partial charge in [0.05, 0.1) is 26.0 Å². The number of fused-ring (bicyclic) bond motifs is 1. The number of carbonyl (C=O) groups is 1. The van der Waals surface area contributed by atoms with E-state index >= 15 is 0 Å². The minimum atomic E-state index is -0.311. The summed E-state index contributed by atoms with van der Waals surface area (Å²) in [5.41, 5.74) is 3.64. The van der Waals surface area contributed by atoms with Gasteiger partial charge in [-0.25, -0.2) is 4.39 Å². The summed E-state index contributed by atoms with van der Waals surface area (Å²) in [5.74, 6) is 0.779. The number of nitrogens with zero attached hydrogens (tertiary/aromatic N) is 1. The number of furan rings is 1. The van der Waals surface area contributed by atoms with Gasteiger partial charge in [0.1, 0.15) is 11.5 Å². The Morgan fingerprint density at radius 3 is 2.65 bits per heavy atom. The lowest BCUT2D eigenvalue weighted by atomic mass is 10.1. The molecule has 0 spiro atoms. The lowest BCUT2D eigenvalue weighted by Gasteiger charge is -2.12. The molecule has 31 heavy (non-hydrogen) atoms.